The molecule has 67 heavy (non-hydrogen) atoms. The van der Waals surface area contributed by atoms with Crippen molar-refractivity contribution in [2.75, 3.05) is 77.6 Å². The van der Waals surface area contributed by atoms with Gasteiger partial charge in [0, 0.05) is 51.9 Å². The number of aliphatic carboxylic acids is 1. The minimum atomic E-state index is -5.08. The average molecular weight is 946 g/mol. The average Bonchev–Trinajstić information content (AvgIpc) is 3.53. The number of alkyl halides is 3. The number of likely N-dealkylation sites (tertiary alicyclic amines) is 1. The molecule has 2 aromatic rings. The van der Waals surface area contributed by atoms with Gasteiger partial charge < -0.3 is 50.0 Å². The predicted molar refractivity (Wildman–Crippen MR) is 244 cm³/mol. The van der Waals surface area contributed by atoms with E-state index in [0.717, 1.165) is 109 Å². The van der Waals surface area contributed by atoms with Crippen LogP contribution < -0.4 is 15.4 Å². The number of anilines is 1. The molecule has 2 saturated carbocycles. The fraction of sp³-hybridized carbons (Fsp3) is 0.673. The number of carboxylic acid groups (broad SMARTS) is 1. The SMILES string of the molecule is O=C(O)C(F)(F)F.O=C1COc2c(CCNCCN(C(=O)CCOCCc3cccc(CN4CCC5(CC4)CN(C(=O)CC4(O)CCCCCC4)CCO5)c3)C3CCCCC3)ccc(O)c2N1. The Kier molecular flexibility index (Phi) is 19.1. The van der Waals surface area contributed by atoms with Crippen LogP contribution in [0.5, 0.6) is 11.5 Å². The zero-order valence-electron chi connectivity index (χ0n) is 38.7. The summed E-state index contributed by atoms with van der Waals surface area (Å²) in [5, 5.41) is 34.6. The highest BCUT2D eigenvalue weighted by Crippen LogP contribution is 2.39. The molecule has 18 heteroatoms. The van der Waals surface area contributed by atoms with Gasteiger partial charge >= 0.3 is 12.1 Å². The second-order valence-electron chi connectivity index (χ2n) is 18.8. The zero-order valence-corrected chi connectivity index (χ0v) is 38.7. The highest BCUT2D eigenvalue weighted by molar-refractivity contribution is 5.97. The van der Waals surface area contributed by atoms with Crippen LogP contribution in [-0.4, -0.2) is 149 Å². The number of nitrogens with one attached hydrogen (secondary N) is 2. The number of phenolic OH excluding ortho intramolecular Hbond substituents is 1. The molecule has 2 saturated heterocycles. The monoisotopic (exact) mass is 946 g/mol. The van der Waals surface area contributed by atoms with Gasteiger partial charge in [-0.05, 0) is 80.7 Å². The third-order valence-electron chi connectivity index (χ3n) is 13.8. The van der Waals surface area contributed by atoms with Crippen molar-refractivity contribution in [3.05, 3.63) is 53.1 Å². The number of halogens is 3. The van der Waals surface area contributed by atoms with Crippen molar-refractivity contribution in [2.24, 2.45) is 0 Å². The first-order valence-electron chi connectivity index (χ1n) is 24.2. The third-order valence-corrected chi connectivity index (χ3v) is 13.8. The Labute approximate surface area is 391 Å². The molecule has 7 rings (SSSR count). The number of carbonyl (C=O) groups excluding carboxylic acids is 3. The van der Waals surface area contributed by atoms with Crippen molar-refractivity contribution in [3.63, 3.8) is 0 Å². The van der Waals surface area contributed by atoms with E-state index in [4.69, 9.17) is 24.1 Å². The van der Waals surface area contributed by atoms with Crippen molar-refractivity contribution in [2.45, 2.75) is 139 Å². The summed E-state index contributed by atoms with van der Waals surface area (Å²) in [6.45, 7) is 7.39. The normalized spacial score (nSPS) is 19.8. The highest BCUT2D eigenvalue weighted by atomic mass is 19.4. The Morgan fingerprint density at radius 1 is 0.910 bits per heavy atom. The summed E-state index contributed by atoms with van der Waals surface area (Å²) in [6, 6.07) is 12.4. The van der Waals surface area contributed by atoms with Crippen molar-refractivity contribution in [1.29, 1.82) is 0 Å². The van der Waals surface area contributed by atoms with Gasteiger partial charge in [-0.15, -0.1) is 0 Å². The number of hydrogen-bond donors (Lipinski definition) is 5. The second-order valence-corrected chi connectivity index (χ2v) is 18.8. The molecule has 3 aliphatic heterocycles. The lowest BCUT2D eigenvalue weighted by Gasteiger charge is -2.47. The maximum atomic E-state index is 13.6. The molecule has 3 heterocycles. The summed E-state index contributed by atoms with van der Waals surface area (Å²) >= 11 is 0. The van der Waals surface area contributed by atoms with Gasteiger partial charge in [-0.2, -0.15) is 13.2 Å². The molecular weight excluding hydrogens is 876 g/mol. The predicted octanol–water partition coefficient (Wildman–Crippen LogP) is 5.97. The van der Waals surface area contributed by atoms with E-state index < -0.39 is 17.7 Å². The van der Waals surface area contributed by atoms with Crippen molar-refractivity contribution < 1.29 is 61.9 Å². The molecule has 4 fully saturated rings. The number of ether oxygens (including phenoxy) is 3. The van der Waals surface area contributed by atoms with Gasteiger partial charge in [-0.25, -0.2) is 4.79 Å². The maximum absolute atomic E-state index is 13.6. The fourth-order valence-electron chi connectivity index (χ4n) is 10.0. The summed E-state index contributed by atoms with van der Waals surface area (Å²) in [5.74, 6) is -2.29. The molecule has 0 aromatic heterocycles. The molecular formula is C49H70F3N5O10. The minimum absolute atomic E-state index is 0.00489. The Morgan fingerprint density at radius 2 is 1.61 bits per heavy atom. The number of aromatic hydroxyl groups is 1. The first-order chi connectivity index (χ1) is 32.1. The van der Waals surface area contributed by atoms with E-state index >= 15 is 0 Å². The number of hydrogen-bond acceptors (Lipinski definition) is 11. The Balaban J connectivity index is 0.000000980. The molecule has 3 amide bonds. The van der Waals surface area contributed by atoms with Crippen LogP contribution in [0.1, 0.15) is 113 Å². The van der Waals surface area contributed by atoms with Crippen LogP contribution in [-0.2, 0) is 48.0 Å². The van der Waals surface area contributed by atoms with E-state index in [1.54, 1.807) is 6.07 Å². The van der Waals surface area contributed by atoms with Crippen LogP contribution in [0.15, 0.2) is 36.4 Å². The van der Waals surface area contributed by atoms with E-state index in [2.05, 4.69) is 44.7 Å². The fourth-order valence-corrected chi connectivity index (χ4v) is 10.0. The Morgan fingerprint density at radius 3 is 2.33 bits per heavy atom. The lowest BCUT2D eigenvalue weighted by molar-refractivity contribution is -0.192. The zero-order chi connectivity index (χ0) is 47.9. The van der Waals surface area contributed by atoms with Crippen LogP contribution in [0.3, 0.4) is 0 Å². The first-order valence-corrected chi connectivity index (χ1v) is 24.2. The Hall–Kier alpha value is -4.49. The first kappa shape index (κ1) is 51.9. The number of rotatable bonds is 17. The van der Waals surface area contributed by atoms with E-state index in [-0.39, 0.29) is 48.1 Å². The lowest BCUT2D eigenvalue weighted by atomic mass is 9.87. The second kappa shape index (κ2) is 24.7. The summed E-state index contributed by atoms with van der Waals surface area (Å²) in [6.07, 6.45) is 10.1. The number of benzene rings is 2. The molecule has 2 aliphatic carbocycles. The number of carbonyl (C=O) groups is 4. The number of fused-ring (bicyclic) bond motifs is 1. The Bertz CT molecular complexity index is 1950. The number of piperidine rings is 1. The van der Waals surface area contributed by atoms with Crippen molar-refractivity contribution >= 4 is 29.4 Å². The molecule has 15 nitrogen and oxygen atoms in total. The van der Waals surface area contributed by atoms with Crippen molar-refractivity contribution in [3.8, 4) is 11.5 Å². The number of phenols is 1. The van der Waals surface area contributed by atoms with Crippen LogP contribution in [0.25, 0.3) is 0 Å². The maximum Gasteiger partial charge on any atom is 0.490 e. The molecule has 5 N–H and O–H groups in total. The summed E-state index contributed by atoms with van der Waals surface area (Å²) in [5.41, 5.74) is 2.60. The molecule has 5 aliphatic rings. The third kappa shape index (κ3) is 15.8. The number of morpholine rings is 1. The molecule has 0 radical (unpaired) electrons. The number of aliphatic hydroxyl groups is 1. The summed E-state index contributed by atoms with van der Waals surface area (Å²) < 4.78 is 49.8. The molecule has 0 bridgehead atoms. The van der Waals surface area contributed by atoms with Gasteiger partial charge in [-0.3, -0.25) is 19.3 Å². The van der Waals surface area contributed by atoms with Gasteiger partial charge in [-0.1, -0.05) is 75.3 Å². The van der Waals surface area contributed by atoms with Gasteiger partial charge in [0.15, 0.2) is 12.4 Å². The van der Waals surface area contributed by atoms with Gasteiger partial charge in [0.25, 0.3) is 5.91 Å². The van der Waals surface area contributed by atoms with Crippen LogP contribution in [0, 0.1) is 0 Å². The standard InChI is InChI=1S/C47H69N5O8.C2HF3O2/c53-40-14-13-38(45-44(40)49-41(54)34-59-45)15-22-48-23-26-52(39-11-4-3-5-12-39)42(55)17-29-58-28-16-36-9-8-10-37(31-36)33-50-24-20-47(21-25-50)35-51(27-30-60-47)43(56)32-46(57)18-6-1-2-7-19-46;3-2(4,5)1(6)7/h8-10,13-14,31,39,48,53,57H,1-7,11-12,15-30,32-35H2,(H,49,54);(H,6,7). The molecule has 1 spiro atoms. The van der Waals surface area contributed by atoms with Crippen LogP contribution in [0.2, 0.25) is 0 Å². The lowest BCUT2D eigenvalue weighted by Crippen LogP contribution is -2.58. The molecule has 0 unspecified atom stereocenters. The quantitative estimate of drug-likeness (QED) is 0.0712. The minimum Gasteiger partial charge on any atom is -0.506 e. The number of nitrogens with zero attached hydrogens (tertiary/aromatic N) is 3. The van der Waals surface area contributed by atoms with E-state index in [0.29, 0.717) is 76.8 Å². The largest absolute Gasteiger partial charge is 0.506 e. The van der Waals surface area contributed by atoms with E-state index in [9.17, 15) is 37.8 Å². The molecule has 372 valence electrons. The smallest absolute Gasteiger partial charge is 0.490 e. The molecule has 0 atom stereocenters. The topological polar surface area (TPSA) is 190 Å². The molecule has 2 aromatic carbocycles. The van der Waals surface area contributed by atoms with Crippen LogP contribution in [0.4, 0.5) is 18.9 Å². The van der Waals surface area contributed by atoms with Gasteiger partial charge in [0.2, 0.25) is 11.8 Å². The highest BCUT2D eigenvalue weighted by Gasteiger charge is 2.42. The van der Waals surface area contributed by atoms with Gasteiger partial charge in [0.1, 0.15) is 11.4 Å². The van der Waals surface area contributed by atoms with Crippen LogP contribution >= 0.6 is 0 Å². The van der Waals surface area contributed by atoms with E-state index in [1.165, 1.54) is 17.5 Å². The van der Waals surface area contributed by atoms with Gasteiger partial charge in [0.05, 0.1) is 43.9 Å². The van der Waals surface area contributed by atoms with E-state index in [1.807, 2.05) is 11.0 Å². The summed E-state index contributed by atoms with van der Waals surface area (Å²) in [4.78, 5) is 54.1. The van der Waals surface area contributed by atoms with Crippen molar-refractivity contribution in [1.82, 2.24) is 20.0 Å². The number of amides is 3. The number of carboxylic acids is 1. The summed E-state index contributed by atoms with van der Waals surface area (Å²) in [7, 11) is 0.